The summed E-state index contributed by atoms with van der Waals surface area (Å²) in [4.78, 5) is 35.1. The molecule has 0 aromatic heterocycles. The fraction of sp³-hybridized carbons (Fsp3) is 0.769. The van der Waals surface area contributed by atoms with E-state index in [1.54, 1.807) is 27.7 Å². The lowest BCUT2D eigenvalue weighted by Crippen LogP contribution is -2.55. The number of rotatable bonds is 7. The Kier molecular flexibility index (Phi) is 7.83. The second-order valence-electron chi connectivity index (χ2n) is 5.25. The van der Waals surface area contributed by atoms with Crippen molar-refractivity contribution in [3.63, 3.8) is 0 Å². The summed E-state index contributed by atoms with van der Waals surface area (Å²) in [6.45, 7) is 6.99. The predicted octanol–water partition coefficient (Wildman–Crippen LogP) is -0.600. The maximum Gasteiger partial charge on any atom is 0.328 e. The van der Waals surface area contributed by atoms with Gasteiger partial charge in [-0.25, -0.2) is 4.79 Å². The van der Waals surface area contributed by atoms with Gasteiger partial charge in [-0.1, -0.05) is 27.7 Å². The molecule has 0 saturated carbocycles. The van der Waals surface area contributed by atoms with Gasteiger partial charge >= 0.3 is 5.97 Å². The van der Waals surface area contributed by atoms with E-state index in [2.05, 4.69) is 15.4 Å². The minimum absolute atomic E-state index is 0.121. The number of ether oxygens (including phenoxy) is 1. The number of hydrogen-bond donors (Lipinski definition) is 3. The highest BCUT2D eigenvalue weighted by molar-refractivity contribution is 5.91. The molecule has 0 radical (unpaired) electrons. The smallest absolute Gasteiger partial charge is 0.328 e. The highest BCUT2D eigenvalue weighted by Gasteiger charge is 2.30. The highest BCUT2D eigenvalue weighted by Crippen LogP contribution is 2.07. The standard InChI is InChI=1S/C13H25N3O4/c1-7(2)10(15-9(17)6-14)12(18)16-11(8(3)4)13(19)20-5/h7-8,10-11H,6,14H2,1-5H3,(H,15,17)(H,16,18)/t10-,11-/m0/s1. The Morgan fingerprint density at radius 1 is 1.00 bits per heavy atom. The Hall–Kier alpha value is -1.63. The van der Waals surface area contributed by atoms with Crippen LogP contribution in [0, 0.1) is 11.8 Å². The highest BCUT2D eigenvalue weighted by atomic mass is 16.5. The van der Waals surface area contributed by atoms with Crippen molar-refractivity contribution in [3.8, 4) is 0 Å². The molecule has 0 spiro atoms. The third-order valence-corrected chi connectivity index (χ3v) is 2.87. The first-order valence-corrected chi connectivity index (χ1v) is 6.62. The average molecular weight is 287 g/mol. The zero-order valence-corrected chi connectivity index (χ0v) is 12.7. The molecule has 2 amide bonds. The SMILES string of the molecule is COC(=O)[C@@H](NC(=O)[C@@H](NC(=O)CN)C(C)C)C(C)C. The van der Waals surface area contributed by atoms with Crippen molar-refractivity contribution in [1.29, 1.82) is 0 Å². The third kappa shape index (κ3) is 5.56. The lowest BCUT2D eigenvalue weighted by molar-refractivity contribution is -0.146. The van der Waals surface area contributed by atoms with Crippen LogP contribution in [0.1, 0.15) is 27.7 Å². The summed E-state index contributed by atoms with van der Waals surface area (Å²) in [5.41, 5.74) is 5.22. The number of methoxy groups -OCH3 is 1. The summed E-state index contributed by atoms with van der Waals surface area (Å²) in [5, 5.41) is 5.15. The molecule has 0 aromatic rings. The molecule has 0 saturated heterocycles. The topological polar surface area (TPSA) is 111 Å². The summed E-state index contributed by atoms with van der Waals surface area (Å²) in [6.07, 6.45) is 0. The van der Waals surface area contributed by atoms with Crippen molar-refractivity contribution in [1.82, 2.24) is 10.6 Å². The molecular weight excluding hydrogens is 262 g/mol. The van der Waals surface area contributed by atoms with E-state index in [1.165, 1.54) is 7.11 Å². The van der Waals surface area contributed by atoms with E-state index in [4.69, 9.17) is 5.73 Å². The lowest BCUT2D eigenvalue weighted by Gasteiger charge is -2.26. The molecule has 0 fully saturated rings. The molecule has 0 heterocycles. The summed E-state index contributed by atoms with van der Waals surface area (Å²) in [7, 11) is 1.26. The number of nitrogens with one attached hydrogen (secondary N) is 2. The lowest BCUT2D eigenvalue weighted by atomic mass is 10.00. The van der Waals surface area contributed by atoms with E-state index in [-0.39, 0.29) is 18.4 Å². The van der Waals surface area contributed by atoms with E-state index in [9.17, 15) is 14.4 Å². The third-order valence-electron chi connectivity index (χ3n) is 2.87. The summed E-state index contributed by atoms with van der Waals surface area (Å²) in [6, 6.07) is -1.49. The van der Waals surface area contributed by atoms with E-state index in [1.807, 2.05) is 0 Å². The van der Waals surface area contributed by atoms with Crippen LogP contribution in [0.2, 0.25) is 0 Å². The first kappa shape index (κ1) is 18.4. The number of amides is 2. The molecule has 4 N–H and O–H groups in total. The summed E-state index contributed by atoms with van der Waals surface area (Å²) in [5.74, 6) is -1.61. The van der Waals surface area contributed by atoms with Crippen molar-refractivity contribution >= 4 is 17.8 Å². The number of carbonyl (C=O) groups is 3. The van der Waals surface area contributed by atoms with Crippen LogP contribution in [-0.4, -0.2) is 43.5 Å². The van der Waals surface area contributed by atoms with Crippen LogP contribution in [0.4, 0.5) is 0 Å². The zero-order valence-electron chi connectivity index (χ0n) is 12.7. The van der Waals surface area contributed by atoms with Crippen molar-refractivity contribution < 1.29 is 19.1 Å². The monoisotopic (exact) mass is 287 g/mol. The van der Waals surface area contributed by atoms with Gasteiger partial charge in [0, 0.05) is 0 Å². The van der Waals surface area contributed by atoms with Crippen LogP contribution in [0.5, 0.6) is 0 Å². The number of carbonyl (C=O) groups excluding carboxylic acids is 3. The Balaban J connectivity index is 4.89. The van der Waals surface area contributed by atoms with Gasteiger partial charge in [-0.2, -0.15) is 0 Å². The fourth-order valence-corrected chi connectivity index (χ4v) is 1.64. The van der Waals surface area contributed by atoms with Gasteiger partial charge < -0.3 is 21.1 Å². The van der Waals surface area contributed by atoms with E-state index >= 15 is 0 Å². The molecule has 2 atom stereocenters. The summed E-state index contributed by atoms with van der Waals surface area (Å²) < 4.78 is 4.66. The minimum Gasteiger partial charge on any atom is -0.467 e. The fourth-order valence-electron chi connectivity index (χ4n) is 1.64. The Morgan fingerprint density at radius 2 is 1.50 bits per heavy atom. The van der Waals surface area contributed by atoms with Crippen molar-refractivity contribution in [2.75, 3.05) is 13.7 Å². The normalized spacial score (nSPS) is 13.8. The second kappa shape index (κ2) is 8.52. The molecule has 0 aromatic carbocycles. The summed E-state index contributed by atoms with van der Waals surface area (Å²) >= 11 is 0. The quantitative estimate of drug-likeness (QED) is 0.542. The van der Waals surface area contributed by atoms with Crippen LogP contribution < -0.4 is 16.4 Å². The Bertz CT molecular complexity index is 356. The van der Waals surface area contributed by atoms with Gasteiger partial charge in [-0.15, -0.1) is 0 Å². The van der Waals surface area contributed by atoms with Crippen LogP contribution in [0.15, 0.2) is 0 Å². The molecule has 0 bridgehead atoms. The van der Waals surface area contributed by atoms with Gasteiger partial charge in [0.2, 0.25) is 11.8 Å². The van der Waals surface area contributed by atoms with Gasteiger partial charge in [0.15, 0.2) is 0 Å². The van der Waals surface area contributed by atoms with Gasteiger partial charge in [0.05, 0.1) is 13.7 Å². The first-order chi connectivity index (χ1) is 9.24. The van der Waals surface area contributed by atoms with Crippen LogP contribution >= 0.6 is 0 Å². The Labute approximate surface area is 119 Å². The Morgan fingerprint density at radius 3 is 1.85 bits per heavy atom. The average Bonchev–Trinajstić information content (AvgIpc) is 2.39. The van der Waals surface area contributed by atoms with Crippen LogP contribution in [0.25, 0.3) is 0 Å². The molecule has 0 aliphatic rings. The van der Waals surface area contributed by atoms with E-state index < -0.39 is 29.9 Å². The molecule has 7 nitrogen and oxygen atoms in total. The number of hydrogen-bond acceptors (Lipinski definition) is 5. The van der Waals surface area contributed by atoms with Gasteiger partial charge in [-0.3, -0.25) is 9.59 Å². The van der Waals surface area contributed by atoms with Crippen LogP contribution in [0.3, 0.4) is 0 Å². The predicted molar refractivity (Wildman–Crippen MR) is 74.6 cm³/mol. The van der Waals surface area contributed by atoms with E-state index in [0.29, 0.717) is 0 Å². The molecule has 0 unspecified atom stereocenters. The molecule has 20 heavy (non-hydrogen) atoms. The molecule has 116 valence electrons. The molecule has 0 aliphatic heterocycles. The van der Waals surface area contributed by atoms with Crippen molar-refractivity contribution in [3.05, 3.63) is 0 Å². The number of esters is 1. The largest absolute Gasteiger partial charge is 0.467 e. The molecular formula is C13H25N3O4. The minimum atomic E-state index is -0.747. The molecule has 0 aliphatic carbocycles. The van der Waals surface area contributed by atoms with Crippen LogP contribution in [-0.2, 0) is 19.1 Å². The second-order valence-corrected chi connectivity index (χ2v) is 5.25. The van der Waals surface area contributed by atoms with Gasteiger partial charge in [0.1, 0.15) is 12.1 Å². The maximum absolute atomic E-state index is 12.2. The van der Waals surface area contributed by atoms with E-state index in [0.717, 1.165) is 0 Å². The van der Waals surface area contributed by atoms with Crippen molar-refractivity contribution in [2.24, 2.45) is 17.6 Å². The zero-order chi connectivity index (χ0) is 15.9. The maximum atomic E-state index is 12.2. The molecule has 0 rings (SSSR count). The van der Waals surface area contributed by atoms with Gasteiger partial charge in [-0.05, 0) is 11.8 Å². The number of nitrogens with two attached hydrogens (primary N) is 1. The molecule has 7 heteroatoms. The van der Waals surface area contributed by atoms with Gasteiger partial charge in [0.25, 0.3) is 0 Å². The first-order valence-electron chi connectivity index (χ1n) is 6.62. The van der Waals surface area contributed by atoms with Crippen molar-refractivity contribution in [2.45, 2.75) is 39.8 Å².